The maximum absolute atomic E-state index is 13.1. The quantitative estimate of drug-likeness (QED) is 0.388. The van der Waals surface area contributed by atoms with E-state index in [4.69, 9.17) is 18.9 Å². The molecule has 35 heavy (non-hydrogen) atoms. The van der Waals surface area contributed by atoms with Gasteiger partial charge in [-0.1, -0.05) is 65.8 Å². The molecule has 0 saturated carbocycles. The highest BCUT2D eigenvalue weighted by molar-refractivity contribution is 6.16. The molecular formula is C27H24N4O4. The molecule has 1 aliphatic heterocycles. The van der Waals surface area contributed by atoms with Crippen molar-refractivity contribution in [1.82, 2.24) is 10.2 Å². The van der Waals surface area contributed by atoms with Gasteiger partial charge < -0.3 is 19.2 Å². The van der Waals surface area contributed by atoms with Crippen LogP contribution in [0.15, 0.2) is 88.3 Å². The Morgan fingerprint density at radius 1 is 0.943 bits per heavy atom. The maximum atomic E-state index is 13.1. The number of carbonyl (C=O) groups excluding carboxylic acids is 1. The molecule has 0 aliphatic carbocycles. The van der Waals surface area contributed by atoms with E-state index >= 15 is 0 Å². The fraction of sp³-hybridized carbons (Fsp3) is 0.185. The number of nitrogens with one attached hydrogen (secondary N) is 1. The van der Waals surface area contributed by atoms with Gasteiger partial charge in [-0.15, -0.1) is 5.10 Å². The molecular weight excluding hydrogens is 444 g/mol. The smallest absolute Gasteiger partial charge is 0.317 e. The summed E-state index contributed by atoms with van der Waals surface area (Å²) >= 11 is 0. The van der Waals surface area contributed by atoms with E-state index in [1.165, 1.54) is 0 Å². The summed E-state index contributed by atoms with van der Waals surface area (Å²) in [5, 5.41) is 11.3. The summed E-state index contributed by atoms with van der Waals surface area (Å²) in [5.74, 6) is 0.888. The second-order valence-electron chi connectivity index (χ2n) is 7.97. The van der Waals surface area contributed by atoms with Crippen molar-refractivity contribution in [2.45, 2.75) is 12.6 Å². The van der Waals surface area contributed by atoms with E-state index in [0.29, 0.717) is 30.4 Å². The van der Waals surface area contributed by atoms with Crippen molar-refractivity contribution in [2.75, 3.05) is 25.6 Å². The summed E-state index contributed by atoms with van der Waals surface area (Å²) in [4.78, 5) is 17.9. The van der Waals surface area contributed by atoms with E-state index in [1.54, 1.807) is 7.11 Å². The second kappa shape index (κ2) is 10.3. The van der Waals surface area contributed by atoms with Crippen molar-refractivity contribution in [3.05, 3.63) is 95.6 Å². The summed E-state index contributed by atoms with van der Waals surface area (Å²) in [6.45, 7) is 0.925. The van der Waals surface area contributed by atoms with Crippen molar-refractivity contribution in [3.63, 3.8) is 0 Å². The number of ketones is 1. The molecule has 5 rings (SSSR count). The number of benzene rings is 3. The largest absolute Gasteiger partial charge is 0.491 e. The number of carbonyl (C=O) groups is 1. The van der Waals surface area contributed by atoms with Crippen LogP contribution in [0, 0.1) is 0 Å². The topological polar surface area (TPSA) is 98.8 Å². The van der Waals surface area contributed by atoms with Gasteiger partial charge in [-0.25, -0.2) is 0 Å². The first-order valence-corrected chi connectivity index (χ1v) is 11.3. The van der Waals surface area contributed by atoms with Crippen molar-refractivity contribution in [1.29, 1.82) is 0 Å². The average Bonchev–Trinajstić information content (AvgIpc) is 3.31. The van der Waals surface area contributed by atoms with E-state index < -0.39 is 6.17 Å². The molecule has 0 saturated heterocycles. The summed E-state index contributed by atoms with van der Waals surface area (Å²) in [6.07, 6.45) is -0.621. The number of methoxy groups -OCH3 is 1. The van der Waals surface area contributed by atoms with Gasteiger partial charge in [0.25, 0.3) is 0 Å². The van der Waals surface area contributed by atoms with Crippen molar-refractivity contribution in [3.8, 4) is 17.2 Å². The first kappa shape index (κ1) is 22.5. The summed E-state index contributed by atoms with van der Waals surface area (Å²) < 4.78 is 16.5. The highest BCUT2D eigenvalue weighted by Gasteiger charge is 2.27. The average molecular weight is 469 g/mol. The van der Waals surface area contributed by atoms with Crippen LogP contribution in [0.25, 0.3) is 11.5 Å². The van der Waals surface area contributed by atoms with Crippen molar-refractivity contribution >= 4 is 17.5 Å². The zero-order valence-electron chi connectivity index (χ0n) is 19.2. The van der Waals surface area contributed by atoms with Crippen molar-refractivity contribution in [2.24, 2.45) is 4.99 Å². The molecule has 0 unspecified atom stereocenters. The number of fused-ring (bicyclic) bond motifs is 1. The number of rotatable bonds is 8. The monoisotopic (exact) mass is 468 g/mol. The van der Waals surface area contributed by atoms with Gasteiger partial charge in [0.1, 0.15) is 12.4 Å². The van der Waals surface area contributed by atoms with E-state index in [9.17, 15) is 4.79 Å². The Balaban J connectivity index is 1.41. The summed E-state index contributed by atoms with van der Waals surface area (Å²) in [5.41, 5.74) is 4.24. The first-order chi connectivity index (χ1) is 17.2. The third kappa shape index (κ3) is 5.12. The Morgan fingerprint density at radius 2 is 1.74 bits per heavy atom. The third-order valence-electron chi connectivity index (χ3n) is 5.57. The standard InChI is InChI=1S/C27H24N4O4/c1-33-14-15-34-21-12-7-11-20(16-21)26-30-31-27(35-26)29-25-23(32)17-19-10-5-6-13-22(19)24(28-25)18-8-3-2-4-9-18/h2-13,16,25H,14-15,17H2,1H3,(H,29,31)/t25-/m1/s1. The Morgan fingerprint density at radius 3 is 2.60 bits per heavy atom. The number of aliphatic imine (C=N–C) groups is 1. The lowest BCUT2D eigenvalue weighted by Crippen LogP contribution is -2.29. The molecule has 1 N–H and O–H groups in total. The Labute approximate surface area is 202 Å². The predicted octanol–water partition coefficient (Wildman–Crippen LogP) is 4.16. The zero-order chi connectivity index (χ0) is 24.0. The van der Waals surface area contributed by atoms with Gasteiger partial charge in [0.05, 0.1) is 12.3 Å². The lowest BCUT2D eigenvalue weighted by molar-refractivity contribution is -0.119. The minimum Gasteiger partial charge on any atom is -0.491 e. The van der Waals surface area contributed by atoms with Gasteiger partial charge in [-0.05, 0) is 23.8 Å². The Bertz CT molecular complexity index is 1350. The summed E-state index contributed by atoms with van der Waals surface area (Å²) in [6, 6.07) is 25.1. The molecule has 3 aromatic carbocycles. The highest BCUT2D eigenvalue weighted by atomic mass is 16.5. The molecule has 0 amide bonds. The number of anilines is 1. The van der Waals surface area contributed by atoms with E-state index in [-0.39, 0.29) is 18.2 Å². The van der Waals surface area contributed by atoms with Gasteiger partial charge in [0.15, 0.2) is 11.9 Å². The lowest BCUT2D eigenvalue weighted by atomic mass is 9.96. The number of nitrogens with zero attached hydrogens (tertiary/aromatic N) is 3. The Hall–Kier alpha value is -4.30. The molecule has 8 heteroatoms. The SMILES string of the molecule is COCCOc1cccc(-c2nnc(N[C@H]3N=C(c4ccccc4)c4ccccc4CC3=O)o2)c1. The van der Waals surface area contributed by atoms with Crippen molar-refractivity contribution < 1.29 is 18.7 Å². The van der Waals surface area contributed by atoms with Crippen LogP contribution >= 0.6 is 0 Å². The van der Waals surface area contributed by atoms with Crippen LogP contribution in [0.5, 0.6) is 5.75 Å². The van der Waals surface area contributed by atoms with E-state index in [1.807, 2.05) is 78.9 Å². The predicted molar refractivity (Wildman–Crippen MR) is 132 cm³/mol. The van der Waals surface area contributed by atoms with Gasteiger partial charge in [0.2, 0.25) is 5.89 Å². The summed E-state index contributed by atoms with van der Waals surface area (Å²) in [7, 11) is 1.62. The molecule has 0 spiro atoms. The van der Waals surface area contributed by atoms with E-state index in [0.717, 1.165) is 22.4 Å². The fourth-order valence-corrected chi connectivity index (χ4v) is 3.88. The van der Waals surface area contributed by atoms with E-state index in [2.05, 4.69) is 15.5 Å². The van der Waals surface area contributed by atoms with Gasteiger partial charge in [-0.3, -0.25) is 9.79 Å². The number of ether oxygens (including phenoxy) is 2. The van der Waals surface area contributed by atoms with Crippen LogP contribution in [-0.2, 0) is 16.0 Å². The van der Waals surface area contributed by atoms with Gasteiger partial charge >= 0.3 is 6.01 Å². The molecule has 0 bridgehead atoms. The number of hydrogen-bond donors (Lipinski definition) is 1. The first-order valence-electron chi connectivity index (χ1n) is 11.3. The second-order valence-corrected chi connectivity index (χ2v) is 7.97. The third-order valence-corrected chi connectivity index (χ3v) is 5.57. The molecule has 1 atom stereocenters. The fourth-order valence-electron chi connectivity index (χ4n) is 3.88. The van der Waals surface area contributed by atoms with Crippen LogP contribution in [0.1, 0.15) is 16.7 Å². The normalized spacial score (nSPS) is 15.2. The molecule has 0 radical (unpaired) electrons. The van der Waals surface area contributed by atoms with Crippen LogP contribution < -0.4 is 10.1 Å². The van der Waals surface area contributed by atoms with Crippen LogP contribution in [0.3, 0.4) is 0 Å². The maximum Gasteiger partial charge on any atom is 0.317 e. The minimum absolute atomic E-state index is 0.0864. The van der Waals surface area contributed by atoms with Gasteiger partial charge in [-0.2, -0.15) is 0 Å². The number of Topliss-reactive ketones (excluding diaryl/α,β-unsaturated/α-hetero) is 1. The van der Waals surface area contributed by atoms with Crippen LogP contribution in [-0.4, -0.2) is 48.2 Å². The molecule has 1 aromatic heterocycles. The minimum atomic E-state index is -0.866. The molecule has 2 heterocycles. The molecule has 4 aromatic rings. The lowest BCUT2D eigenvalue weighted by Gasteiger charge is -2.11. The number of hydrogen-bond acceptors (Lipinski definition) is 8. The zero-order valence-corrected chi connectivity index (χ0v) is 19.2. The van der Waals surface area contributed by atoms with Gasteiger partial charge in [0, 0.05) is 30.2 Å². The molecule has 0 fully saturated rings. The Kier molecular flexibility index (Phi) is 6.63. The highest BCUT2D eigenvalue weighted by Crippen LogP contribution is 2.26. The van der Waals surface area contributed by atoms with Crippen LogP contribution in [0.2, 0.25) is 0 Å². The molecule has 8 nitrogen and oxygen atoms in total. The van der Waals surface area contributed by atoms with Crippen LogP contribution in [0.4, 0.5) is 6.01 Å². The number of aromatic nitrogens is 2. The molecule has 176 valence electrons. The molecule has 1 aliphatic rings.